The molecule has 134 valence electrons. The Morgan fingerprint density at radius 1 is 1.12 bits per heavy atom. The average molecular weight is 392 g/mol. The summed E-state index contributed by atoms with van der Waals surface area (Å²) in [5.41, 5.74) is -0.143. The molecule has 8 heteroatoms. The van der Waals surface area contributed by atoms with Gasteiger partial charge in [0.2, 0.25) is 5.91 Å². The molecule has 0 aliphatic carbocycles. The lowest BCUT2D eigenvalue weighted by Gasteiger charge is -2.22. The molecule has 2 N–H and O–H groups in total. The van der Waals surface area contributed by atoms with E-state index in [-0.39, 0.29) is 5.02 Å². The zero-order chi connectivity index (χ0) is 18.9. The number of rotatable bonds is 4. The van der Waals surface area contributed by atoms with Crippen molar-refractivity contribution >= 4 is 46.7 Å². The van der Waals surface area contributed by atoms with E-state index >= 15 is 0 Å². The van der Waals surface area contributed by atoms with Gasteiger partial charge in [-0.15, -0.1) is 0 Å². The maximum Gasteiger partial charge on any atom is 0.325 e. The molecular weight excluding hydrogens is 377 g/mol. The first-order valence-electron chi connectivity index (χ1n) is 7.76. The molecule has 0 spiro atoms. The van der Waals surface area contributed by atoms with Crippen LogP contribution in [0.4, 0.5) is 10.5 Å². The van der Waals surface area contributed by atoms with Crippen molar-refractivity contribution in [2.24, 2.45) is 0 Å². The van der Waals surface area contributed by atoms with E-state index in [2.05, 4.69) is 10.6 Å². The molecule has 26 heavy (non-hydrogen) atoms. The van der Waals surface area contributed by atoms with Crippen molar-refractivity contribution in [2.45, 2.75) is 12.5 Å². The van der Waals surface area contributed by atoms with Crippen LogP contribution < -0.4 is 10.6 Å². The van der Waals surface area contributed by atoms with Gasteiger partial charge in [0.15, 0.2) is 0 Å². The van der Waals surface area contributed by atoms with Crippen LogP contribution in [0.2, 0.25) is 10.0 Å². The number of carbonyl (C=O) groups excluding carboxylic acids is 3. The lowest BCUT2D eigenvalue weighted by molar-refractivity contribution is -0.133. The second-order valence-corrected chi connectivity index (χ2v) is 6.80. The third kappa shape index (κ3) is 3.38. The SMILES string of the molecule is C[C@@]1(c2ccccc2)NC(=O)N(CC(=O)Nc2ccc(Cl)c(Cl)c2)C1=O. The fourth-order valence-corrected chi connectivity index (χ4v) is 3.02. The number of benzene rings is 2. The summed E-state index contributed by atoms with van der Waals surface area (Å²) in [5.74, 6) is -1.01. The molecule has 1 heterocycles. The Morgan fingerprint density at radius 3 is 2.46 bits per heavy atom. The zero-order valence-corrected chi connectivity index (χ0v) is 15.3. The molecule has 0 unspecified atom stereocenters. The molecule has 0 bridgehead atoms. The molecule has 1 atom stereocenters. The van der Waals surface area contributed by atoms with E-state index in [0.717, 1.165) is 4.90 Å². The van der Waals surface area contributed by atoms with Crippen LogP contribution in [0.5, 0.6) is 0 Å². The summed E-state index contributed by atoms with van der Waals surface area (Å²) in [6.45, 7) is 1.20. The van der Waals surface area contributed by atoms with Crippen LogP contribution in [-0.2, 0) is 15.1 Å². The molecular formula is C18H15Cl2N3O3. The summed E-state index contributed by atoms with van der Waals surface area (Å²) in [5, 5.41) is 5.89. The summed E-state index contributed by atoms with van der Waals surface area (Å²) in [6.07, 6.45) is 0. The number of nitrogens with one attached hydrogen (secondary N) is 2. The molecule has 0 saturated carbocycles. The van der Waals surface area contributed by atoms with Gasteiger partial charge in [0, 0.05) is 5.69 Å². The van der Waals surface area contributed by atoms with Crippen LogP contribution in [0, 0.1) is 0 Å². The molecule has 1 aliphatic heterocycles. The first-order valence-corrected chi connectivity index (χ1v) is 8.51. The molecule has 6 nitrogen and oxygen atoms in total. The van der Waals surface area contributed by atoms with Gasteiger partial charge in [-0.05, 0) is 30.7 Å². The van der Waals surface area contributed by atoms with Gasteiger partial charge in [-0.1, -0.05) is 53.5 Å². The van der Waals surface area contributed by atoms with Gasteiger partial charge in [0.05, 0.1) is 10.0 Å². The van der Waals surface area contributed by atoms with Crippen molar-refractivity contribution in [3.05, 3.63) is 64.1 Å². The second kappa shape index (κ2) is 6.97. The highest BCUT2D eigenvalue weighted by Gasteiger charge is 2.49. The molecule has 0 radical (unpaired) electrons. The topological polar surface area (TPSA) is 78.5 Å². The van der Waals surface area contributed by atoms with E-state index in [0.29, 0.717) is 16.3 Å². The summed E-state index contributed by atoms with van der Waals surface area (Å²) >= 11 is 11.7. The molecule has 4 amide bonds. The highest BCUT2D eigenvalue weighted by atomic mass is 35.5. The fraction of sp³-hybridized carbons (Fsp3) is 0.167. The number of amides is 4. The second-order valence-electron chi connectivity index (χ2n) is 5.99. The van der Waals surface area contributed by atoms with Gasteiger partial charge in [0.25, 0.3) is 5.91 Å². The molecule has 2 aromatic rings. The van der Waals surface area contributed by atoms with Gasteiger partial charge >= 0.3 is 6.03 Å². The summed E-state index contributed by atoms with van der Waals surface area (Å²) in [7, 11) is 0. The Labute approximate surface area is 160 Å². The zero-order valence-electron chi connectivity index (χ0n) is 13.8. The lowest BCUT2D eigenvalue weighted by atomic mass is 9.92. The largest absolute Gasteiger partial charge is 0.325 e. The number of halogens is 2. The van der Waals surface area contributed by atoms with Crippen molar-refractivity contribution in [1.82, 2.24) is 10.2 Å². The Kier molecular flexibility index (Phi) is 4.89. The van der Waals surface area contributed by atoms with Crippen LogP contribution in [0.1, 0.15) is 12.5 Å². The Bertz CT molecular complexity index is 889. The number of imide groups is 1. The molecule has 0 aromatic heterocycles. The average Bonchev–Trinajstić information content (AvgIpc) is 2.83. The number of carbonyl (C=O) groups is 3. The molecule has 1 fully saturated rings. The van der Waals surface area contributed by atoms with Crippen molar-refractivity contribution in [1.29, 1.82) is 0 Å². The van der Waals surface area contributed by atoms with Crippen molar-refractivity contribution in [2.75, 3.05) is 11.9 Å². The minimum Gasteiger partial charge on any atom is -0.324 e. The molecule has 1 saturated heterocycles. The predicted octanol–water partition coefficient (Wildman–Crippen LogP) is 3.40. The Morgan fingerprint density at radius 2 is 1.81 bits per heavy atom. The predicted molar refractivity (Wildman–Crippen MR) is 99.1 cm³/mol. The third-order valence-electron chi connectivity index (χ3n) is 4.13. The monoisotopic (exact) mass is 391 g/mol. The van der Waals surface area contributed by atoms with E-state index in [1.807, 2.05) is 6.07 Å². The van der Waals surface area contributed by atoms with Gasteiger partial charge in [-0.25, -0.2) is 4.79 Å². The van der Waals surface area contributed by atoms with Gasteiger partial charge < -0.3 is 10.6 Å². The lowest BCUT2D eigenvalue weighted by Crippen LogP contribution is -2.42. The quantitative estimate of drug-likeness (QED) is 0.783. The highest BCUT2D eigenvalue weighted by molar-refractivity contribution is 6.42. The maximum atomic E-state index is 12.7. The first kappa shape index (κ1) is 18.2. The third-order valence-corrected chi connectivity index (χ3v) is 4.87. The fourth-order valence-electron chi connectivity index (χ4n) is 2.73. The smallest absolute Gasteiger partial charge is 0.324 e. The number of anilines is 1. The van der Waals surface area contributed by atoms with Gasteiger partial charge in [-0.3, -0.25) is 14.5 Å². The normalized spacial score (nSPS) is 19.4. The van der Waals surface area contributed by atoms with Crippen LogP contribution in [0.3, 0.4) is 0 Å². The van der Waals surface area contributed by atoms with Gasteiger partial charge in [0.1, 0.15) is 12.1 Å². The molecule has 1 aliphatic rings. The van der Waals surface area contributed by atoms with Crippen LogP contribution in [0.25, 0.3) is 0 Å². The summed E-state index contributed by atoms with van der Waals surface area (Å²) < 4.78 is 0. The minimum atomic E-state index is -1.21. The molecule has 3 rings (SSSR count). The van der Waals surface area contributed by atoms with E-state index < -0.39 is 29.9 Å². The molecule has 2 aromatic carbocycles. The summed E-state index contributed by atoms with van der Waals surface area (Å²) in [4.78, 5) is 38.1. The van der Waals surface area contributed by atoms with Crippen LogP contribution in [0.15, 0.2) is 48.5 Å². The van der Waals surface area contributed by atoms with Gasteiger partial charge in [-0.2, -0.15) is 0 Å². The van der Waals surface area contributed by atoms with E-state index in [9.17, 15) is 14.4 Å². The van der Waals surface area contributed by atoms with Crippen LogP contribution >= 0.6 is 23.2 Å². The minimum absolute atomic E-state index is 0.288. The van der Waals surface area contributed by atoms with Crippen molar-refractivity contribution in [3.8, 4) is 0 Å². The van der Waals surface area contributed by atoms with E-state index in [1.54, 1.807) is 43.3 Å². The number of urea groups is 1. The number of hydrogen-bond acceptors (Lipinski definition) is 3. The van der Waals surface area contributed by atoms with Crippen molar-refractivity contribution < 1.29 is 14.4 Å². The van der Waals surface area contributed by atoms with E-state index in [4.69, 9.17) is 23.2 Å². The standard InChI is InChI=1S/C18H15Cl2N3O3/c1-18(11-5-3-2-4-6-11)16(25)23(17(26)22-18)10-15(24)21-12-7-8-13(19)14(20)9-12/h2-9H,10H2,1H3,(H,21,24)(H,22,26)/t18-/m0/s1. The van der Waals surface area contributed by atoms with Crippen LogP contribution in [-0.4, -0.2) is 29.3 Å². The number of nitrogens with zero attached hydrogens (tertiary/aromatic N) is 1. The Balaban J connectivity index is 1.73. The highest BCUT2D eigenvalue weighted by Crippen LogP contribution is 2.29. The Hall–Kier alpha value is -2.57. The number of hydrogen-bond donors (Lipinski definition) is 2. The first-order chi connectivity index (χ1) is 12.3. The maximum absolute atomic E-state index is 12.7. The van der Waals surface area contributed by atoms with Crippen molar-refractivity contribution in [3.63, 3.8) is 0 Å². The summed E-state index contributed by atoms with van der Waals surface area (Å²) in [6, 6.07) is 12.9. The van der Waals surface area contributed by atoms with E-state index in [1.165, 1.54) is 6.07 Å².